The molecule has 2 N–H and O–H groups in total. The van der Waals surface area contributed by atoms with Gasteiger partial charge < -0.3 is 10.5 Å². The average molecular weight is 279 g/mol. The second-order valence-electron chi connectivity index (χ2n) is 4.16. The Bertz CT molecular complexity index is 420. The lowest BCUT2D eigenvalue weighted by Gasteiger charge is -2.23. The fourth-order valence-corrected chi connectivity index (χ4v) is 1.87. The lowest BCUT2D eigenvalue weighted by atomic mass is 9.98. The van der Waals surface area contributed by atoms with Crippen LogP contribution in [0.4, 0.5) is 17.6 Å². The van der Waals surface area contributed by atoms with Gasteiger partial charge in [-0.3, -0.25) is 0 Å². The molecule has 0 aliphatic carbocycles. The van der Waals surface area contributed by atoms with Crippen molar-refractivity contribution in [3.05, 3.63) is 35.1 Å². The summed E-state index contributed by atoms with van der Waals surface area (Å²) < 4.78 is 56.4. The van der Waals surface area contributed by atoms with Crippen molar-refractivity contribution in [3.63, 3.8) is 0 Å². The fraction of sp³-hybridized carbons (Fsp3) is 0.538. The van der Waals surface area contributed by atoms with Crippen LogP contribution >= 0.6 is 0 Å². The zero-order chi connectivity index (χ0) is 14.6. The molecule has 0 aliphatic rings. The summed E-state index contributed by atoms with van der Waals surface area (Å²) in [5, 5.41) is 0. The Morgan fingerprint density at radius 3 is 2.37 bits per heavy atom. The van der Waals surface area contributed by atoms with Gasteiger partial charge in [-0.05, 0) is 31.0 Å². The zero-order valence-electron chi connectivity index (χ0n) is 10.8. The van der Waals surface area contributed by atoms with Gasteiger partial charge in [-0.25, -0.2) is 4.39 Å². The van der Waals surface area contributed by atoms with Gasteiger partial charge in [0, 0.05) is 6.61 Å². The Balaban J connectivity index is 3.08. The lowest BCUT2D eigenvalue weighted by Crippen LogP contribution is -2.29. The van der Waals surface area contributed by atoms with Gasteiger partial charge in [-0.1, -0.05) is 13.0 Å². The lowest BCUT2D eigenvalue weighted by molar-refractivity contribution is -0.140. The second kappa shape index (κ2) is 6.34. The number of hydrogen-bond acceptors (Lipinski definition) is 2. The van der Waals surface area contributed by atoms with Gasteiger partial charge in [0.25, 0.3) is 0 Å². The van der Waals surface area contributed by atoms with E-state index in [1.165, 1.54) is 6.07 Å². The summed E-state index contributed by atoms with van der Waals surface area (Å²) >= 11 is 0. The predicted octanol–water partition coefficient (Wildman–Crippen LogP) is 3.66. The molecule has 0 saturated heterocycles. The quantitative estimate of drug-likeness (QED) is 0.835. The molecule has 0 amide bonds. The molecule has 2 atom stereocenters. The Hall–Kier alpha value is -1.14. The molecular weight excluding hydrogens is 262 g/mol. The van der Waals surface area contributed by atoms with Gasteiger partial charge in [0.15, 0.2) is 0 Å². The molecule has 0 spiro atoms. The summed E-state index contributed by atoms with van der Waals surface area (Å²) in [6.45, 7) is 4.02. The van der Waals surface area contributed by atoms with Crippen LogP contribution in [-0.4, -0.2) is 12.7 Å². The van der Waals surface area contributed by atoms with E-state index in [1.54, 1.807) is 6.92 Å². The van der Waals surface area contributed by atoms with E-state index in [9.17, 15) is 17.6 Å². The number of rotatable bonds is 5. The van der Waals surface area contributed by atoms with Crippen molar-refractivity contribution in [1.29, 1.82) is 0 Å². The Morgan fingerprint density at radius 2 is 1.89 bits per heavy atom. The first kappa shape index (κ1) is 15.9. The van der Waals surface area contributed by atoms with Crippen LogP contribution in [-0.2, 0) is 10.9 Å². The summed E-state index contributed by atoms with van der Waals surface area (Å²) in [7, 11) is 0. The molecule has 0 aliphatic heterocycles. The first-order chi connectivity index (χ1) is 8.81. The first-order valence-electron chi connectivity index (χ1n) is 6.05. The van der Waals surface area contributed by atoms with E-state index in [4.69, 9.17) is 10.5 Å². The topological polar surface area (TPSA) is 35.2 Å². The molecule has 0 fully saturated rings. The fourth-order valence-electron chi connectivity index (χ4n) is 1.87. The van der Waals surface area contributed by atoms with Gasteiger partial charge in [0.05, 0.1) is 17.7 Å². The standard InChI is InChI=1S/C13H17F4NO/c1-3-11(19-4-2)12(18)8-5-6-10(14)9(7-8)13(15,16)17/h5-7,11-12H,3-4,18H2,1-2H3. The maximum Gasteiger partial charge on any atom is 0.419 e. The zero-order valence-corrected chi connectivity index (χ0v) is 10.8. The van der Waals surface area contributed by atoms with Gasteiger partial charge >= 0.3 is 6.18 Å². The van der Waals surface area contributed by atoms with Crippen LogP contribution in [0.5, 0.6) is 0 Å². The third-order valence-electron chi connectivity index (χ3n) is 2.86. The molecule has 0 radical (unpaired) electrons. The molecule has 2 unspecified atom stereocenters. The molecule has 1 rings (SSSR count). The number of alkyl halides is 3. The summed E-state index contributed by atoms with van der Waals surface area (Å²) in [6.07, 6.45) is -4.56. The number of ether oxygens (including phenoxy) is 1. The van der Waals surface area contributed by atoms with E-state index in [0.29, 0.717) is 13.0 Å². The minimum Gasteiger partial charge on any atom is -0.377 e. The monoisotopic (exact) mass is 279 g/mol. The van der Waals surface area contributed by atoms with Crippen LogP contribution < -0.4 is 5.73 Å². The first-order valence-corrected chi connectivity index (χ1v) is 6.05. The van der Waals surface area contributed by atoms with Crippen molar-refractivity contribution in [2.45, 2.75) is 38.6 Å². The molecule has 0 bridgehead atoms. The number of nitrogens with two attached hydrogens (primary N) is 1. The SMILES string of the molecule is CCOC(CC)C(N)c1ccc(F)c(C(F)(F)F)c1. The van der Waals surface area contributed by atoms with Crippen LogP contribution in [0.1, 0.15) is 37.4 Å². The summed E-state index contributed by atoms with van der Waals surface area (Å²) in [4.78, 5) is 0. The largest absolute Gasteiger partial charge is 0.419 e. The van der Waals surface area contributed by atoms with Crippen LogP contribution in [0.3, 0.4) is 0 Å². The average Bonchev–Trinajstić information content (AvgIpc) is 2.34. The third-order valence-corrected chi connectivity index (χ3v) is 2.86. The molecule has 19 heavy (non-hydrogen) atoms. The summed E-state index contributed by atoms with van der Waals surface area (Å²) in [6, 6.07) is 2.08. The van der Waals surface area contributed by atoms with Crippen LogP contribution in [0.15, 0.2) is 18.2 Å². The molecule has 2 nitrogen and oxygen atoms in total. The van der Waals surface area contributed by atoms with E-state index in [0.717, 1.165) is 12.1 Å². The Labute approximate surface area is 109 Å². The molecule has 0 heterocycles. The molecule has 1 aromatic rings. The highest BCUT2D eigenvalue weighted by atomic mass is 19.4. The van der Waals surface area contributed by atoms with E-state index in [2.05, 4.69) is 0 Å². The van der Waals surface area contributed by atoms with Crippen molar-refractivity contribution in [2.75, 3.05) is 6.61 Å². The highest BCUT2D eigenvalue weighted by Crippen LogP contribution is 2.33. The normalized spacial score (nSPS) is 15.3. The smallest absolute Gasteiger partial charge is 0.377 e. The van der Waals surface area contributed by atoms with Gasteiger partial charge in [-0.15, -0.1) is 0 Å². The number of halogens is 4. The highest BCUT2D eigenvalue weighted by molar-refractivity contribution is 5.29. The molecule has 1 aromatic carbocycles. The maximum atomic E-state index is 13.2. The minimum atomic E-state index is -4.73. The Morgan fingerprint density at radius 1 is 1.26 bits per heavy atom. The predicted molar refractivity (Wildman–Crippen MR) is 64.0 cm³/mol. The van der Waals surface area contributed by atoms with E-state index in [-0.39, 0.29) is 5.56 Å². The van der Waals surface area contributed by atoms with Crippen molar-refractivity contribution in [1.82, 2.24) is 0 Å². The van der Waals surface area contributed by atoms with Gasteiger partial charge in [0.1, 0.15) is 5.82 Å². The van der Waals surface area contributed by atoms with Crippen LogP contribution in [0, 0.1) is 5.82 Å². The van der Waals surface area contributed by atoms with E-state index < -0.39 is 29.7 Å². The van der Waals surface area contributed by atoms with E-state index >= 15 is 0 Å². The Kier molecular flexibility index (Phi) is 5.31. The number of benzene rings is 1. The van der Waals surface area contributed by atoms with Gasteiger partial charge in [-0.2, -0.15) is 13.2 Å². The molecule has 108 valence electrons. The molecular formula is C13H17F4NO. The minimum absolute atomic E-state index is 0.217. The molecule has 6 heteroatoms. The third kappa shape index (κ3) is 3.91. The summed E-state index contributed by atoms with van der Waals surface area (Å²) in [5.74, 6) is -1.30. The van der Waals surface area contributed by atoms with E-state index in [1.807, 2.05) is 6.92 Å². The van der Waals surface area contributed by atoms with Crippen molar-refractivity contribution < 1.29 is 22.3 Å². The van der Waals surface area contributed by atoms with Crippen molar-refractivity contribution in [2.24, 2.45) is 5.73 Å². The van der Waals surface area contributed by atoms with Crippen LogP contribution in [0.25, 0.3) is 0 Å². The van der Waals surface area contributed by atoms with Crippen molar-refractivity contribution >= 4 is 0 Å². The van der Waals surface area contributed by atoms with Gasteiger partial charge in [0.2, 0.25) is 0 Å². The second-order valence-corrected chi connectivity index (χ2v) is 4.16. The summed E-state index contributed by atoms with van der Waals surface area (Å²) in [5.41, 5.74) is 4.80. The molecule has 0 aromatic heterocycles. The highest BCUT2D eigenvalue weighted by Gasteiger charge is 2.35. The number of hydrogen-bond donors (Lipinski definition) is 1. The van der Waals surface area contributed by atoms with Crippen molar-refractivity contribution in [3.8, 4) is 0 Å². The van der Waals surface area contributed by atoms with Crippen LogP contribution in [0.2, 0.25) is 0 Å². The molecule has 0 saturated carbocycles. The maximum absolute atomic E-state index is 13.2.